The summed E-state index contributed by atoms with van der Waals surface area (Å²) in [5.41, 5.74) is 3.91. The molecule has 0 radical (unpaired) electrons. The quantitative estimate of drug-likeness (QED) is 0.845. The molecule has 1 aromatic heterocycles. The Morgan fingerprint density at radius 2 is 1.89 bits per heavy atom. The van der Waals surface area contributed by atoms with Gasteiger partial charge in [0.15, 0.2) is 0 Å². The Balaban J connectivity index is 2.55. The zero-order valence-corrected chi connectivity index (χ0v) is 13.0. The summed E-state index contributed by atoms with van der Waals surface area (Å²) < 4.78 is 2.34. The summed E-state index contributed by atoms with van der Waals surface area (Å²) in [6, 6.07) is 2.78. The van der Waals surface area contributed by atoms with Crippen LogP contribution in [0.15, 0.2) is 6.07 Å². The molecule has 0 aromatic carbocycles. The van der Waals surface area contributed by atoms with Crippen LogP contribution in [0.25, 0.3) is 0 Å². The highest BCUT2D eigenvalue weighted by atomic mass is 16.2. The van der Waals surface area contributed by atoms with Crippen LogP contribution >= 0.6 is 0 Å². The number of urea groups is 1. The van der Waals surface area contributed by atoms with E-state index in [-0.39, 0.29) is 12.1 Å². The lowest BCUT2D eigenvalue weighted by Crippen LogP contribution is -2.40. The van der Waals surface area contributed by atoms with Crippen LogP contribution in [0.1, 0.15) is 50.7 Å². The van der Waals surface area contributed by atoms with Crippen molar-refractivity contribution in [3.05, 3.63) is 23.0 Å². The van der Waals surface area contributed by atoms with Crippen LogP contribution < -0.4 is 10.6 Å². The van der Waals surface area contributed by atoms with E-state index in [4.69, 9.17) is 0 Å². The Hall–Kier alpha value is -1.45. The first-order valence-electron chi connectivity index (χ1n) is 7.04. The van der Waals surface area contributed by atoms with Gasteiger partial charge in [0.2, 0.25) is 0 Å². The molecule has 4 nitrogen and oxygen atoms in total. The van der Waals surface area contributed by atoms with E-state index in [2.05, 4.69) is 49.0 Å². The SMILES string of the molecule is Cc1cc(CCNC(=O)NC(C)C)c(C)n1C(C)C. The second kappa shape index (κ2) is 6.64. The van der Waals surface area contributed by atoms with E-state index < -0.39 is 0 Å². The highest BCUT2D eigenvalue weighted by Gasteiger charge is 2.11. The minimum atomic E-state index is -0.0901. The highest BCUT2D eigenvalue weighted by Crippen LogP contribution is 2.20. The number of carbonyl (C=O) groups is 1. The lowest BCUT2D eigenvalue weighted by Gasteiger charge is -2.14. The average molecular weight is 265 g/mol. The molecule has 0 saturated heterocycles. The maximum atomic E-state index is 11.5. The van der Waals surface area contributed by atoms with Crippen LogP contribution in [0.2, 0.25) is 0 Å². The fourth-order valence-electron chi connectivity index (χ4n) is 2.52. The van der Waals surface area contributed by atoms with Gasteiger partial charge in [-0.05, 0) is 59.6 Å². The molecule has 2 N–H and O–H groups in total. The molecular formula is C15H27N3O. The van der Waals surface area contributed by atoms with Crippen molar-refractivity contribution < 1.29 is 4.79 Å². The van der Waals surface area contributed by atoms with Crippen LogP contribution in [-0.2, 0) is 6.42 Å². The summed E-state index contributed by atoms with van der Waals surface area (Å²) in [5.74, 6) is 0. The maximum Gasteiger partial charge on any atom is 0.314 e. The maximum absolute atomic E-state index is 11.5. The number of hydrogen-bond acceptors (Lipinski definition) is 1. The van der Waals surface area contributed by atoms with Crippen LogP contribution in [0.4, 0.5) is 4.79 Å². The minimum absolute atomic E-state index is 0.0901. The molecular weight excluding hydrogens is 238 g/mol. The first-order chi connectivity index (χ1) is 8.82. The Kier molecular flexibility index (Phi) is 5.45. The second-order valence-corrected chi connectivity index (χ2v) is 5.67. The summed E-state index contributed by atoms with van der Waals surface area (Å²) in [4.78, 5) is 11.5. The lowest BCUT2D eigenvalue weighted by atomic mass is 10.2. The molecule has 0 aliphatic heterocycles. The zero-order chi connectivity index (χ0) is 14.6. The van der Waals surface area contributed by atoms with Crippen molar-refractivity contribution in [2.45, 2.75) is 60.0 Å². The van der Waals surface area contributed by atoms with Gasteiger partial charge >= 0.3 is 6.03 Å². The summed E-state index contributed by atoms with van der Waals surface area (Å²) >= 11 is 0. The van der Waals surface area contributed by atoms with Gasteiger partial charge < -0.3 is 15.2 Å². The van der Waals surface area contributed by atoms with E-state index in [1.54, 1.807) is 0 Å². The van der Waals surface area contributed by atoms with Crippen molar-refractivity contribution in [3.63, 3.8) is 0 Å². The molecule has 1 rings (SSSR count). The monoisotopic (exact) mass is 265 g/mol. The molecule has 0 aliphatic rings. The lowest BCUT2D eigenvalue weighted by molar-refractivity contribution is 0.238. The molecule has 1 heterocycles. The summed E-state index contributed by atoms with van der Waals surface area (Å²) in [7, 11) is 0. The van der Waals surface area contributed by atoms with Crippen molar-refractivity contribution >= 4 is 6.03 Å². The number of nitrogens with zero attached hydrogens (tertiary/aromatic N) is 1. The Morgan fingerprint density at radius 3 is 2.37 bits per heavy atom. The van der Waals surface area contributed by atoms with E-state index >= 15 is 0 Å². The Labute approximate surface area is 116 Å². The fourth-order valence-corrected chi connectivity index (χ4v) is 2.52. The van der Waals surface area contributed by atoms with Crippen LogP contribution in [0, 0.1) is 13.8 Å². The summed E-state index contributed by atoms with van der Waals surface area (Å²) in [6.45, 7) is 13.2. The van der Waals surface area contributed by atoms with Crippen LogP contribution in [0.5, 0.6) is 0 Å². The average Bonchev–Trinajstić information content (AvgIpc) is 2.52. The van der Waals surface area contributed by atoms with Crippen molar-refractivity contribution in [1.82, 2.24) is 15.2 Å². The molecule has 2 amide bonds. The van der Waals surface area contributed by atoms with Crippen molar-refractivity contribution in [1.29, 1.82) is 0 Å². The molecule has 0 unspecified atom stereocenters. The third-order valence-corrected chi connectivity index (χ3v) is 3.21. The molecule has 0 spiro atoms. The minimum Gasteiger partial charge on any atom is -0.346 e. The van der Waals surface area contributed by atoms with E-state index in [1.165, 1.54) is 17.0 Å². The molecule has 0 atom stereocenters. The van der Waals surface area contributed by atoms with E-state index in [9.17, 15) is 4.79 Å². The van der Waals surface area contributed by atoms with Gasteiger partial charge in [-0.15, -0.1) is 0 Å². The Morgan fingerprint density at radius 1 is 1.26 bits per heavy atom. The van der Waals surface area contributed by atoms with E-state index in [0.29, 0.717) is 12.6 Å². The zero-order valence-electron chi connectivity index (χ0n) is 13.0. The van der Waals surface area contributed by atoms with E-state index in [0.717, 1.165) is 6.42 Å². The third-order valence-electron chi connectivity index (χ3n) is 3.21. The molecule has 0 bridgehead atoms. The molecule has 108 valence electrons. The van der Waals surface area contributed by atoms with Crippen molar-refractivity contribution in [2.75, 3.05) is 6.54 Å². The highest BCUT2D eigenvalue weighted by molar-refractivity contribution is 5.74. The van der Waals surface area contributed by atoms with Gasteiger partial charge in [0.1, 0.15) is 0 Å². The fraction of sp³-hybridized carbons (Fsp3) is 0.667. The standard InChI is InChI=1S/C15H27N3O/c1-10(2)17-15(19)16-8-7-14-9-12(5)18(11(3)4)13(14)6/h9-11H,7-8H2,1-6H3,(H2,16,17,19). The predicted octanol–water partition coefficient (Wildman–Crippen LogP) is 2.94. The summed E-state index contributed by atoms with van der Waals surface area (Å²) in [5, 5.41) is 5.71. The molecule has 1 aromatic rings. The van der Waals surface area contributed by atoms with Gasteiger partial charge in [-0.25, -0.2) is 4.79 Å². The van der Waals surface area contributed by atoms with Gasteiger partial charge in [0.25, 0.3) is 0 Å². The second-order valence-electron chi connectivity index (χ2n) is 5.67. The molecule has 0 aliphatic carbocycles. The van der Waals surface area contributed by atoms with Crippen LogP contribution in [0.3, 0.4) is 0 Å². The molecule has 0 saturated carbocycles. The van der Waals surface area contributed by atoms with Gasteiger partial charge in [-0.1, -0.05) is 0 Å². The number of carbonyl (C=O) groups excluding carboxylic acids is 1. The molecule has 19 heavy (non-hydrogen) atoms. The molecule has 0 fully saturated rings. The van der Waals surface area contributed by atoms with E-state index in [1.807, 2.05) is 13.8 Å². The van der Waals surface area contributed by atoms with Gasteiger partial charge in [0, 0.05) is 30.0 Å². The summed E-state index contributed by atoms with van der Waals surface area (Å²) in [6.07, 6.45) is 0.873. The van der Waals surface area contributed by atoms with Gasteiger partial charge in [-0.2, -0.15) is 0 Å². The largest absolute Gasteiger partial charge is 0.346 e. The first-order valence-corrected chi connectivity index (χ1v) is 7.04. The number of nitrogens with one attached hydrogen (secondary N) is 2. The number of rotatable bonds is 5. The predicted molar refractivity (Wildman–Crippen MR) is 79.7 cm³/mol. The normalized spacial score (nSPS) is 11.2. The van der Waals surface area contributed by atoms with Crippen LogP contribution in [-0.4, -0.2) is 23.2 Å². The molecule has 4 heteroatoms. The van der Waals surface area contributed by atoms with Gasteiger partial charge in [-0.3, -0.25) is 0 Å². The van der Waals surface area contributed by atoms with Crippen molar-refractivity contribution in [3.8, 4) is 0 Å². The van der Waals surface area contributed by atoms with Gasteiger partial charge in [0.05, 0.1) is 0 Å². The number of amides is 2. The van der Waals surface area contributed by atoms with Crippen molar-refractivity contribution in [2.24, 2.45) is 0 Å². The number of aryl methyl sites for hydroxylation is 1. The number of hydrogen-bond donors (Lipinski definition) is 2. The first kappa shape index (κ1) is 15.6. The smallest absolute Gasteiger partial charge is 0.314 e. The topological polar surface area (TPSA) is 46.1 Å². The number of aromatic nitrogens is 1. The Bertz CT molecular complexity index is 433. The third kappa shape index (κ3) is 4.30.